The van der Waals surface area contributed by atoms with Gasteiger partial charge in [-0.05, 0) is 43.4 Å². The third-order valence-corrected chi connectivity index (χ3v) is 3.67. The second-order valence-electron chi connectivity index (χ2n) is 5.29. The number of rotatable bonds is 3. The fourth-order valence-corrected chi connectivity index (χ4v) is 2.69. The van der Waals surface area contributed by atoms with Gasteiger partial charge in [-0.2, -0.15) is 4.98 Å². The maximum absolute atomic E-state index is 7.50. The van der Waals surface area contributed by atoms with Gasteiger partial charge in [0.25, 0.3) is 0 Å². The second-order valence-corrected chi connectivity index (χ2v) is 5.29. The molecule has 1 atom stereocenters. The van der Waals surface area contributed by atoms with Crippen LogP contribution in [0.3, 0.4) is 0 Å². The lowest BCUT2D eigenvalue weighted by atomic mass is 9.89. The maximum atomic E-state index is 7.50. The Hall–Kier alpha value is -2.43. The number of benzene rings is 1. The molecule has 1 aromatic heterocycles. The van der Waals surface area contributed by atoms with Gasteiger partial charge in [0.1, 0.15) is 17.6 Å². The average Bonchev–Trinajstić information content (AvgIpc) is 2.47. The summed E-state index contributed by atoms with van der Waals surface area (Å²) in [5.41, 5.74) is 9.18. The molecule has 3 rings (SSSR count). The Kier molecular flexibility index (Phi) is 3.56. The number of nitrogens with zero attached hydrogens (tertiary/aromatic N) is 2. The van der Waals surface area contributed by atoms with Crippen molar-refractivity contribution in [2.24, 2.45) is 5.73 Å². The van der Waals surface area contributed by atoms with Gasteiger partial charge in [0.05, 0.1) is 0 Å². The molecule has 0 saturated carbocycles. The van der Waals surface area contributed by atoms with E-state index in [0.29, 0.717) is 11.7 Å². The topological polar surface area (TPSA) is 84.9 Å². The summed E-state index contributed by atoms with van der Waals surface area (Å²) in [6.45, 7) is 1.84. The van der Waals surface area contributed by atoms with Gasteiger partial charge < -0.3 is 10.5 Å². The highest BCUT2D eigenvalue weighted by Crippen LogP contribution is 2.32. The monoisotopic (exact) mass is 282 g/mol. The first-order valence-electron chi connectivity index (χ1n) is 7.08. The van der Waals surface area contributed by atoms with Gasteiger partial charge in [0.15, 0.2) is 0 Å². The number of nitrogens with one attached hydrogen (secondary N) is 1. The molecular formula is C16H18N4O. The molecule has 0 fully saturated rings. The van der Waals surface area contributed by atoms with E-state index < -0.39 is 0 Å². The first-order chi connectivity index (χ1) is 10.1. The molecule has 0 amide bonds. The molecule has 0 saturated heterocycles. The van der Waals surface area contributed by atoms with E-state index in [1.807, 2.05) is 13.0 Å². The molecule has 0 spiro atoms. The number of nitrogen functional groups attached to an aromatic ring is 1. The van der Waals surface area contributed by atoms with Crippen LogP contribution in [-0.4, -0.2) is 15.8 Å². The Labute approximate surface area is 123 Å². The van der Waals surface area contributed by atoms with Crippen LogP contribution in [0.25, 0.3) is 0 Å². The van der Waals surface area contributed by atoms with Gasteiger partial charge in [-0.3, -0.25) is 5.41 Å². The number of hydrogen-bond donors (Lipinski definition) is 2. The maximum Gasteiger partial charge on any atom is 0.317 e. The van der Waals surface area contributed by atoms with Crippen molar-refractivity contribution in [2.75, 3.05) is 0 Å². The third kappa shape index (κ3) is 2.86. The third-order valence-electron chi connectivity index (χ3n) is 3.67. The summed E-state index contributed by atoms with van der Waals surface area (Å²) in [5, 5.41) is 7.50. The van der Waals surface area contributed by atoms with Crippen molar-refractivity contribution >= 4 is 5.84 Å². The zero-order valence-electron chi connectivity index (χ0n) is 12.0. The molecule has 21 heavy (non-hydrogen) atoms. The summed E-state index contributed by atoms with van der Waals surface area (Å²) in [7, 11) is 0. The van der Waals surface area contributed by atoms with Crippen molar-refractivity contribution in [3.8, 4) is 6.01 Å². The smallest absolute Gasteiger partial charge is 0.317 e. The van der Waals surface area contributed by atoms with E-state index >= 15 is 0 Å². The van der Waals surface area contributed by atoms with Crippen molar-refractivity contribution in [1.29, 1.82) is 5.41 Å². The summed E-state index contributed by atoms with van der Waals surface area (Å²) in [4.78, 5) is 8.51. The Morgan fingerprint density at radius 1 is 1.33 bits per heavy atom. The van der Waals surface area contributed by atoms with Gasteiger partial charge in [-0.25, -0.2) is 4.98 Å². The van der Waals surface area contributed by atoms with Crippen LogP contribution in [-0.2, 0) is 6.42 Å². The number of ether oxygens (including phenoxy) is 1. The molecule has 1 aromatic carbocycles. The van der Waals surface area contributed by atoms with Crippen LogP contribution in [0.1, 0.15) is 41.5 Å². The molecule has 0 bridgehead atoms. The number of aromatic nitrogens is 2. The molecule has 2 aromatic rings. The van der Waals surface area contributed by atoms with Crippen LogP contribution < -0.4 is 10.5 Å². The van der Waals surface area contributed by atoms with E-state index in [-0.39, 0.29) is 11.9 Å². The predicted octanol–water partition coefficient (Wildman–Crippen LogP) is 2.53. The van der Waals surface area contributed by atoms with Crippen LogP contribution >= 0.6 is 0 Å². The highest BCUT2D eigenvalue weighted by molar-refractivity contribution is 5.93. The number of fused-ring (bicyclic) bond motifs is 1. The van der Waals surface area contributed by atoms with E-state index in [1.54, 1.807) is 6.07 Å². The Morgan fingerprint density at radius 3 is 2.95 bits per heavy atom. The minimum absolute atomic E-state index is 0.0310. The number of amidine groups is 1. The van der Waals surface area contributed by atoms with Gasteiger partial charge in [-0.1, -0.05) is 24.3 Å². The molecule has 0 aliphatic heterocycles. The van der Waals surface area contributed by atoms with Crippen LogP contribution in [0.5, 0.6) is 6.01 Å². The van der Waals surface area contributed by atoms with Crippen LogP contribution in [0.4, 0.5) is 0 Å². The molecule has 1 unspecified atom stereocenters. The largest absolute Gasteiger partial charge is 0.455 e. The normalized spacial score (nSPS) is 17.1. The molecule has 1 aliphatic rings. The van der Waals surface area contributed by atoms with Gasteiger partial charge >= 0.3 is 6.01 Å². The SMILES string of the molecule is Cc1cc(C(=N)N)nc(OC2CCCc3ccccc32)n1. The lowest BCUT2D eigenvalue weighted by molar-refractivity contribution is 0.167. The van der Waals surface area contributed by atoms with Crippen molar-refractivity contribution in [3.05, 3.63) is 52.8 Å². The number of aryl methyl sites for hydroxylation is 2. The number of nitrogens with two attached hydrogens (primary N) is 1. The van der Waals surface area contributed by atoms with E-state index in [4.69, 9.17) is 15.9 Å². The zero-order valence-corrected chi connectivity index (χ0v) is 12.0. The highest BCUT2D eigenvalue weighted by atomic mass is 16.5. The van der Waals surface area contributed by atoms with Gasteiger partial charge in [0, 0.05) is 5.69 Å². The van der Waals surface area contributed by atoms with Crippen LogP contribution in [0.15, 0.2) is 30.3 Å². The molecule has 1 aliphatic carbocycles. The Morgan fingerprint density at radius 2 is 2.14 bits per heavy atom. The minimum atomic E-state index is -0.0746. The minimum Gasteiger partial charge on any atom is -0.455 e. The molecule has 1 heterocycles. The van der Waals surface area contributed by atoms with Crippen molar-refractivity contribution in [3.63, 3.8) is 0 Å². The predicted molar refractivity (Wildman–Crippen MR) is 80.5 cm³/mol. The second kappa shape index (κ2) is 5.52. The standard InChI is InChI=1S/C16H18N4O/c1-10-9-13(15(17)18)20-16(19-10)21-14-8-4-6-11-5-2-3-7-12(11)14/h2-3,5,7,9,14H,4,6,8H2,1H3,(H3,17,18). The molecule has 108 valence electrons. The first-order valence-corrected chi connectivity index (χ1v) is 7.08. The van der Waals surface area contributed by atoms with Gasteiger partial charge in [-0.15, -0.1) is 0 Å². The fraction of sp³-hybridized carbons (Fsp3) is 0.312. The van der Waals surface area contributed by atoms with E-state index in [1.165, 1.54) is 11.1 Å². The highest BCUT2D eigenvalue weighted by Gasteiger charge is 2.22. The lowest BCUT2D eigenvalue weighted by Gasteiger charge is -2.25. The molecule has 5 heteroatoms. The Bertz CT molecular complexity index is 684. The fourth-order valence-electron chi connectivity index (χ4n) is 2.69. The Balaban J connectivity index is 1.90. The summed E-state index contributed by atoms with van der Waals surface area (Å²) in [6.07, 6.45) is 3.09. The molecule has 5 nitrogen and oxygen atoms in total. The summed E-state index contributed by atoms with van der Waals surface area (Å²) < 4.78 is 5.98. The summed E-state index contributed by atoms with van der Waals surface area (Å²) in [5.74, 6) is -0.0746. The van der Waals surface area contributed by atoms with E-state index in [0.717, 1.165) is 25.0 Å². The van der Waals surface area contributed by atoms with E-state index in [2.05, 4.69) is 28.2 Å². The quantitative estimate of drug-likeness (QED) is 0.669. The van der Waals surface area contributed by atoms with Gasteiger partial charge in [0.2, 0.25) is 0 Å². The zero-order chi connectivity index (χ0) is 14.8. The van der Waals surface area contributed by atoms with Crippen LogP contribution in [0.2, 0.25) is 0 Å². The lowest BCUT2D eigenvalue weighted by Crippen LogP contribution is -2.18. The summed E-state index contributed by atoms with van der Waals surface area (Å²) in [6, 6.07) is 10.3. The molecule has 3 N–H and O–H groups in total. The van der Waals surface area contributed by atoms with Crippen molar-refractivity contribution in [2.45, 2.75) is 32.3 Å². The first kappa shape index (κ1) is 13.5. The van der Waals surface area contributed by atoms with E-state index in [9.17, 15) is 0 Å². The van der Waals surface area contributed by atoms with Crippen molar-refractivity contribution in [1.82, 2.24) is 9.97 Å². The van der Waals surface area contributed by atoms with Crippen LogP contribution in [0, 0.1) is 12.3 Å². The molecular weight excluding hydrogens is 264 g/mol. The average molecular weight is 282 g/mol. The van der Waals surface area contributed by atoms with Crippen molar-refractivity contribution < 1.29 is 4.74 Å². The summed E-state index contributed by atoms with van der Waals surface area (Å²) >= 11 is 0. The number of hydrogen-bond acceptors (Lipinski definition) is 4. The molecule has 0 radical (unpaired) electrons.